The summed E-state index contributed by atoms with van der Waals surface area (Å²) < 4.78 is 0. The van der Waals surface area contributed by atoms with Gasteiger partial charge in [0.05, 0.1) is 11.0 Å². The first-order valence-electron chi connectivity index (χ1n) is 11.8. The normalized spacial score (nSPS) is 12.0. The van der Waals surface area contributed by atoms with Crippen LogP contribution < -0.4 is 5.32 Å². The molecule has 0 radical (unpaired) electrons. The largest absolute Gasteiger partial charge is 0.339 e. The molecule has 0 fully saturated rings. The summed E-state index contributed by atoms with van der Waals surface area (Å²) in [7, 11) is 0. The number of amidine groups is 1. The van der Waals surface area contributed by atoms with Crippen molar-refractivity contribution in [2.45, 2.75) is 33.6 Å². The number of rotatable bonds is 9. The monoisotopic (exact) mass is 520 g/mol. The van der Waals surface area contributed by atoms with Gasteiger partial charge in [-0.15, -0.1) is 11.3 Å². The molecule has 0 aliphatic rings. The summed E-state index contributed by atoms with van der Waals surface area (Å²) in [6.07, 6.45) is 0. The van der Waals surface area contributed by atoms with Crippen molar-refractivity contribution < 1.29 is 9.59 Å². The first-order chi connectivity index (χ1) is 17.2. The van der Waals surface area contributed by atoms with Gasteiger partial charge in [0.25, 0.3) is 5.91 Å². The van der Waals surface area contributed by atoms with E-state index in [1.54, 1.807) is 16.2 Å². The van der Waals surface area contributed by atoms with Crippen molar-refractivity contribution in [3.05, 3.63) is 82.7 Å². The molecule has 1 atom stereocenters. The maximum absolute atomic E-state index is 13.2. The summed E-state index contributed by atoms with van der Waals surface area (Å²) in [5.41, 5.74) is 2.86. The van der Waals surface area contributed by atoms with Gasteiger partial charge in [-0.25, -0.2) is 0 Å². The standard InChI is InChI=1S/C28H32N4O2S2/c1-5-32(6-2)25(33)21-14-12-19(13-15-21)22-16-17-23(36-22)24(20-10-8-7-9-11-20)28(3,4)26(34)31-27(30)35-18-29/h7-18,24,29H,5-6H2,1-4H3,(H2,30,31,34). The molecule has 1 unspecified atom stereocenters. The molecule has 8 heteroatoms. The highest BCUT2D eigenvalue weighted by atomic mass is 32.2. The van der Waals surface area contributed by atoms with Crippen molar-refractivity contribution in [1.82, 2.24) is 10.2 Å². The molecule has 0 aliphatic carbocycles. The number of hydrogen-bond acceptors (Lipinski definition) is 6. The van der Waals surface area contributed by atoms with Crippen LogP contribution in [-0.2, 0) is 4.79 Å². The summed E-state index contributed by atoms with van der Waals surface area (Å²) >= 11 is 2.48. The topological polar surface area (TPSA) is 97.1 Å². The number of amides is 2. The van der Waals surface area contributed by atoms with Crippen LogP contribution in [0.5, 0.6) is 0 Å². The van der Waals surface area contributed by atoms with E-state index in [1.807, 2.05) is 82.3 Å². The SMILES string of the molecule is CCN(CC)C(=O)c1ccc(-c2ccc(C(c3ccccc3)C(C)(C)C(=O)NC(=N)SC=N)s2)cc1. The summed E-state index contributed by atoms with van der Waals surface area (Å²) in [6, 6.07) is 21.7. The summed E-state index contributed by atoms with van der Waals surface area (Å²) in [5.74, 6) is -0.481. The van der Waals surface area contributed by atoms with Gasteiger partial charge >= 0.3 is 0 Å². The molecule has 2 amide bonds. The zero-order chi connectivity index (χ0) is 26.3. The first-order valence-corrected chi connectivity index (χ1v) is 13.5. The lowest BCUT2D eigenvalue weighted by Crippen LogP contribution is -2.42. The Kier molecular flexibility index (Phi) is 9.23. The smallest absolute Gasteiger partial charge is 0.253 e. The molecule has 0 aliphatic heterocycles. The Morgan fingerprint density at radius 3 is 2.25 bits per heavy atom. The van der Waals surface area contributed by atoms with Gasteiger partial charge in [0.2, 0.25) is 5.91 Å². The second-order valence-electron chi connectivity index (χ2n) is 8.84. The predicted molar refractivity (Wildman–Crippen MR) is 151 cm³/mol. The van der Waals surface area contributed by atoms with E-state index in [4.69, 9.17) is 10.8 Å². The number of nitrogens with one attached hydrogen (secondary N) is 3. The fourth-order valence-electron chi connectivity index (χ4n) is 4.20. The number of benzene rings is 2. The lowest BCUT2D eigenvalue weighted by molar-refractivity contribution is -0.128. The average Bonchev–Trinajstić information content (AvgIpc) is 3.35. The van der Waals surface area contributed by atoms with Gasteiger partial charge in [0.15, 0.2) is 5.17 Å². The molecule has 2 aromatic carbocycles. The van der Waals surface area contributed by atoms with Gasteiger partial charge < -0.3 is 15.6 Å². The molecule has 188 valence electrons. The number of nitrogens with zero attached hydrogens (tertiary/aromatic N) is 1. The fraction of sp³-hybridized carbons (Fsp3) is 0.286. The summed E-state index contributed by atoms with van der Waals surface area (Å²) in [4.78, 5) is 29.8. The molecular formula is C28H32N4O2S2. The molecule has 0 saturated carbocycles. The van der Waals surface area contributed by atoms with E-state index in [-0.39, 0.29) is 22.9 Å². The number of thiophene rings is 1. The zero-order valence-electron chi connectivity index (χ0n) is 21.0. The average molecular weight is 521 g/mol. The van der Waals surface area contributed by atoms with Gasteiger partial charge in [0.1, 0.15) is 0 Å². The van der Waals surface area contributed by atoms with Crippen LogP contribution in [0.3, 0.4) is 0 Å². The predicted octanol–water partition coefficient (Wildman–Crippen LogP) is 6.45. The molecule has 1 aromatic heterocycles. The van der Waals surface area contributed by atoms with E-state index in [0.717, 1.165) is 38.2 Å². The maximum Gasteiger partial charge on any atom is 0.253 e. The van der Waals surface area contributed by atoms with Crippen molar-refractivity contribution in [1.29, 1.82) is 10.8 Å². The van der Waals surface area contributed by atoms with E-state index in [0.29, 0.717) is 18.7 Å². The van der Waals surface area contributed by atoms with Crippen molar-refractivity contribution >= 4 is 45.6 Å². The van der Waals surface area contributed by atoms with E-state index in [2.05, 4.69) is 17.4 Å². The van der Waals surface area contributed by atoms with E-state index in [9.17, 15) is 9.59 Å². The van der Waals surface area contributed by atoms with Crippen LogP contribution in [0.15, 0.2) is 66.7 Å². The second kappa shape index (κ2) is 12.1. The summed E-state index contributed by atoms with van der Waals surface area (Å²) in [6.45, 7) is 9.07. The Morgan fingerprint density at radius 2 is 1.67 bits per heavy atom. The Hall–Kier alpha value is -3.23. The van der Waals surface area contributed by atoms with Crippen LogP contribution in [0.4, 0.5) is 0 Å². The van der Waals surface area contributed by atoms with Crippen LogP contribution in [0.2, 0.25) is 0 Å². The third-order valence-corrected chi connectivity index (χ3v) is 7.88. The van der Waals surface area contributed by atoms with Crippen LogP contribution in [0, 0.1) is 16.2 Å². The van der Waals surface area contributed by atoms with Crippen molar-refractivity contribution in [2.75, 3.05) is 13.1 Å². The minimum atomic E-state index is -0.863. The lowest BCUT2D eigenvalue weighted by atomic mass is 9.73. The van der Waals surface area contributed by atoms with E-state index in [1.165, 1.54) is 0 Å². The van der Waals surface area contributed by atoms with Gasteiger partial charge in [-0.1, -0.05) is 56.3 Å². The van der Waals surface area contributed by atoms with Gasteiger partial charge in [-0.05, 0) is 61.0 Å². The number of carbonyl (C=O) groups is 2. The van der Waals surface area contributed by atoms with Gasteiger partial charge in [-0.3, -0.25) is 15.0 Å². The molecule has 3 aromatic rings. The minimum absolute atomic E-state index is 0.0297. The van der Waals surface area contributed by atoms with Crippen LogP contribution in [-0.4, -0.2) is 40.5 Å². The molecule has 6 nitrogen and oxygen atoms in total. The Balaban J connectivity index is 1.94. The Bertz CT molecular complexity index is 1220. The van der Waals surface area contributed by atoms with Crippen LogP contribution in [0.1, 0.15) is 54.4 Å². The highest BCUT2D eigenvalue weighted by molar-refractivity contribution is 8.24. The van der Waals surface area contributed by atoms with Crippen molar-refractivity contribution in [2.24, 2.45) is 5.41 Å². The number of carbonyl (C=O) groups excluding carboxylic acids is 2. The van der Waals surface area contributed by atoms with Crippen molar-refractivity contribution in [3.63, 3.8) is 0 Å². The molecule has 0 bridgehead atoms. The molecule has 0 saturated heterocycles. The highest BCUT2D eigenvalue weighted by Crippen LogP contribution is 2.45. The number of hydrogen-bond donors (Lipinski definition) is 3. The van der Waals surface area contributed by atoms with Gasteiger partial charge in [0, 0.05) is 34.3 Å². The van der Waals surface area contributed by atoms with Crippen LogP contribution in [0.25, 0.3) is 10.4 Å². The van der Waals surface area contributed by atoms with Crippen LogP contribution >= 0.6 is 23.1 Å². The quantitative estimate of drug-likeness (QED) is 0.223. The molecule has 1 heterocycles. The molecule has 0 spiro atoms. The molecule has 3 rings (SSSR count). The van der Waals surface area contributed by atoms with Crippen molar-refractivity contribution in [3.8, 4) is 10.4 Å². The fourth-order valence-corrected chi connectivity index (χ4v) is 5.80. The van der Waals surface area contributed by atoms with Gasteiger partial charge in [-0.2, -0.15) is 0 Å². The maximum atomic E-state index is 13.2. The molecular weight excluding hydrogens is 488 g/mol. The van der Waals surface area contributed by atoms with E-state index < -0.39 is 5.41 Å². The lowest BCUT2D eigenvalue weighted by Gasteiger charge is -2.33. The Labute approximate surface area is 221 Å². The number of thioether (sulfide) groups is 1. The summed E-state index contributed by atoms with van der Waals surface area (Å²) in [5, 5.41) is 17.7. The highest BCUT2D eigenvalue weighted by Gasteiger charge is 2.40. The molecule has 3 N–H and O–H groups in total. The first kappa shape index (κ1) is 27.4. The second-order valence-corrected chi connectivity index (χ2v) is 10.8. The van der Waals surface area contributed by atoms with E-state index >= 15 is 0 Å². The molecule has 36 heavy (non-hydrogen) atoms. The zero-order valence-corrected chi connectivity index (χ0v) is 22.6. The minimum Gasteiger partial charge on any atom is -0.339 e. The Morgan fingerprint density at radius 1 is 1.03 bits per heavy atom. The third kappa shape index (κ3) is 6.12. The third-order valence-electron chi connectivity index (χ3n) is 6.22.